The summed E-state index contributed by atoms with van der Waals surface area (Å²) in [6, 6.07) is 0. The van der Waals surface area contributed by atoms with Gasteiger partial charge in [0.1, 0.15) is 11.4 Å². The Balaban J connectivity index is 2.46. The summed E-state index contributed by atoms with van der Waals surface area (Å²) >= 11 is 0. The number of aliphatic hydroxyl groups excluding tert-OH is 5. The molecule has 0 fully saturated rings. The highest BCUT2D eigenvalue weighted by molar-refractivity contribution is 5.24. The lowest BCUT2D eigenvalue weighted by Gasteiger charge is -2.16. The molecule has 0 aliphatic carbocycles. The van der Waals surface area contributed by atoms with Gasteiger partial charge in [0, 0.05) is 57.5 Å². The van der Waals surface area contributed by atoms with Crippen molar-refractivity contribution >= 4 is 0 Å². The summed E-state index contributed by atoms with van der Waals surface area (Å²) in [4.78, 5) is 25.7. The molecule has 162 valence electrons. The number of aromatic nitrogens is 5. The zero-order valence-electron chi connectivity index (χ0n) is 16.0. The van der Waals surface area contributed by atoms with Crippen molar-refractivity contribution in [2.24, 2.45) is 11.8 Å². The average Bonchev–Trinajstić information content (AvgIpc) is 3.21. The van der Waals surface area contributed by atoms with E-state index in [4.69, 9.17) is 0 Å². The summed E-state index contributed by atoms with van der Waals surface area (Å²) in [6.07, 6.45) is 3.20. The van der Waals surface area contributed by atoms with Crippen LogP contribution >= 0.6 is 0 Å². The van der Waals surface area contributed by atoms with Crippen LogP contribution in [-0.4, -0.2) is 76.1 Å². The van der Waals surface area contributed by atoms with Crippen LogP contribution in [0.15, 0.2) is 22.0 Å². The Morgan fingerprint density at radius 1 is 0.862 bits per heavy atom. The van der Waals surface area contributed by atoms with E-state index in [9.17, 15) is 35.1 Å². The second-order valence-corrected chi connectivity index (χ2v) is 6.80. The van der Waals surface area contributed by atoms with Crippen molar-refractivity contribution in [1.29, 1.82) is 0 Å². The van der Waals surface area contributed by atoms with Gasteiger partial charge in [-0.05, 0) is 12.8 Å². The van der Waals surface area contributed by atoms with E-state index in [2.05, 4.69) is 10.3 Å². The van der Waals surface area contributed by atoms with Gasteiger partial charge < -0.3 is 25.5 Å². The van der Waals surface area contributed by atoms with Crippen LogP contribution in [0.3, 0.4) is 0 Å². The zero-order chi connectivity index (χ0) is 21.4. The normalized spacial score (nSPS) is 11.7. The van der Waals surface area contributed by atoms with Gasteiger partial charge in [0.15, 0.2) is 0 Å². The van der Waals surface area contributed by atoms with Gasteiger partial charge in [-0.15, -0.1) is 5.10 Å². The monoisotopic (exact) mass is 413 g/mol. The van der Waals surface area contributed by atoms with E-state index in [0.29, 0.717) is 6.42 Å². The second kappa shape index (κ2) is 11.0. The Kier molecular flexibility index (Phi) is 8.67. The molecule has 0 spiro atoms. The highest BCUT2D eigenvalue weighted by atomic mass is 16.3. The predicted molar refractivity (Wildman–Crippen MR) is 100 cm³/mol. The maximum atomic E-state index is 12.9. The van der Waals surface area contributed by atoms with Crippen molar-refractivity contribution in [3.8, 4) is 5.69 Å². The molecule has 0 saturated heterocycles. The minimum atomic E-state index is -0.629. The summed E-state index contributed by atoms with van der Waals surface area (Å²) in [7, 11) is 0. The fourth-order valence-electron chi connectivity index (χ4n) is 2.76. The van der Waals surface area contributed by atoms with E-state index >= 15 is 0 Å². The van der Waals surface area contributed by atoms with Gasteiger partial charge in [0.2, 0.25) is 0 Å². The van der Waals surface area contributed by atoms with Gasteiger partial charge in [-0.1, -0.05) is 5.21 Å². The molecular formula is C17H27N5O7. The molecule has 29 heavy (non-hydrogen) atoms. The molecule has 0 aromatic carbocycles. The van der Waals surface area contributed by atoms with E-state index in [1.165, 1.54) is 17.0 Å². The van der Waals surface area contributed by atoms with Crippen molar-refractivity contribution in [2.45, 2.75) is 32.5 Å². The Morgan fingerprint density at radius 2 is 1.45 bits per heavy atom. The van der Waals surface area contributed by atoms with Crippen molar-refractivity contribution in [3.05, 3.63) is 38.9 Å². The van der Waals surface area contributed by atoms with E-state index < -0.39 is 23.1 Å². The topological polar surface area (TPSA) is 176 Å². The van der Waals surface area contributed by atoms with Crippen LogP contribution < -0.4 is 11.2 Å². The standard InChI is InChI=1S/C17H27N5O7/c23-7-12(8-24)1-3-20-6-15(22-5-14(11-27)18-19-22)16(28)21(17(20)29)4-2-13(9-25)10-26/h5-6,12-13,23-27H,1-4,7-11H2. The fraction of sp³-hybridized carbons (Fsp3) is 0.647. The lowest BCUT2D eigenvalue weighted by molar-refractivity contribution is 0.138. The minimum Gasteiger partial charge on any atom is -0.396 e. The van der Waals surface area contributed by atoms with Crippen LogP contribution in [0.5, 0.6) is 0 Å². The van der Waals surface area contributed by atoms with Crippen LogP contribution in [0.25, 0.3) is 5.69 Å². The molecule has 2 rings (SSSR count). The van der Waals surface area contributed by atoms with Crippen molar-refractivity contribution in [3.63, 3.8) is 0 Å². The number of hydrogen-bond acceptors (Lipinski definition) is 9. The van der Waals surface area contributed by atoms with Gasteiger partial charge in [0.05, 0.1) is 12.8 Å². The first-order chi connectivity index (χ1) is 14.0. The third-order valence-corrected chi connectivity index (χ3v) is 4.74. The first-order valence-electron chi connectivity index (χ1n) is 9.29. The fourth-order valence-corrected chi connectivity index (χ4v) is 2.76. The third-order valence-electron chi connectivity index (χ3n) is 4.74. The zero-order valence-corrected chi connectivity index (χ0v) is 16.0. The molecule has 0 aliphatic rings. The minimum absolute atomic E-state index is 0.0255. The number of nitrogens with zero attached hydrogens (tertiary/aromatic N) is 5. The predicted octanol–water partition coefficient (Wildman–Crippen LogP) is -2.94. The molecule has 2 heterocycles. The van der Waals surface area contributed by atoms with Crippen molar-refractivity contribution in [2.75, 3.05) is 26.4 Å². The van der Waals surface area contributed by atoms with E-state index in [0.717, 1.165) is 9.25 Å². The van der Waals surface area contributed by atoms with Crippen LogP contribution in [0.1, 0.15) is 18.5 Å². The van der Waals surface area contributed by atoms with E-state index in [1.54, 1.807) is 0 Å². The van der Waals surface area contributed by atoms with Crippen LogP contribution in [-0.2, 0) is 19.7 Å². The maximum Gasteiger partial charge on any atom is 0.331 e. The molecule has 0 saturated carbocycles. The Labute approximate surface area is 165 Å². The first kappa shape index (κ1) is 22.9. The van der Waals surface area contributed by atoms with Crippen molar-refractivity contribution < 1.29 is 25.5 Å². The lowest BCUT2D eigenvalue weighted by atomic mass is 10.1. The van der Waals surface area contributed by atoms with Gasteiger partial charge >= 0.3 is 5.69 Å². The lowest BCUT2D eigenvalue weighted by Crippen LogP contribution is -2.42. The van der Waals surface area contributed by atoms with Gasteiger partial charge in [-0.2, -0.15) is 0 Å². The summed E-state index contributed by atoms with van der Waals surface area (Å²) in [6.45, 7) is -1.29. The quantitative estimate of drug-likeness (QED) is 0.244. The number of aryl methyl sites for hydroxylation is 1. The van der Waals surface area contributed by atoms with Crippen LogP contribution in [0, 0.1) is 11.8 Å². The molecule has 0 atom stereocenters. The molecule has 12 heteroatoms. The smallest absolute Gasteiger partial charge is 0.331 e. The number of hydrogen-bond donors (Lipinski definition) is 5. The SMILES string of the molecule is O=c1c(-n2cc(CO)nn2)cn(CCC(CO)CO)c(=O)n1CCC(CO)CO. The maximum absolute atomic E-state index is 12.9. The van der Waals surface area contributed by atoms with E-state index in [-0.39, 0.29) is 63.9 Å². The molecule has 2 aromatic rings. The first-order valence-corrected chi connectivity index (χ1v) is 9.29. The summed E-state index contributed by atoms with van der Waals surface area (Å²) in [5, 5.41) is 53.7. The molecular weight excluding hydrogens is 386 g/mol. The summed E-state index contributed by atoms with van der Waals surface area (Å²) in [5.41, 5.74) is -0.942. The van der Waals surface area contributed by atoms with Crippen LogP contribution in [0.2, 0.25) is 0 Å². The largest absolute Gasteiger partial charge is 0.396 e. The summed E-state index contributed by atoms with van der Waals surface area (Å²) in [5.74, 6) is -0.884. The molecule has 0 unspecified atom stereocenters. The Bertz CT molecular complexity index is 883. The molecule has 0 aliphatic heterocycles. The van der Waals surface area contributed by atoms with Crippen LogP contribution in [0.4, 0.5) is 0 Å². The summed E-state index contributed by atoms with van der Waals surface area (Å²) < 4.78 is 3.43. The molecule has 0 amide bonds. The molecule has 0 radical (unpaired) electrons. The molecule has 2 aromatic heterocycles. The number of aliphatic hydroxyl groups is 5. The van der Waals surface area contributed by atoms with Gasteiger partial charge in [-0.3, -0.25) is 13.9 Å². The highest BCUT2D eigenvalue weighted by Gasteiger charge is 2.17. The highest BCUT2D eigenvalue weighted by Crippen LogP contribution is 2.06. The molecule has 5 N–H and O–H groups in total. The van der Waals surface area contributed by atoms with Gasteiger partial charge in [0.25, 0.3) is 5.56 Å². The van der Waals surface area contributed by atoms with Crippen molar-refractivity contribution in [1.82, 2.24) is 24.1 Å². The molecule has 0 bridgehead atoms. The van der Waals surface area contributed by atoms with Gasteiger partial charge in [-0.25, -0.2) is 9.48 Å². The Morgan fingerprint density at radius 3 is 1.97 bits per heavy atom. The average molecular weight is 413 g/mol. The molecule has 12 nitrogen and oxygen atoms in total. The second-order valence-electron chi connectivity index (χ2n) is 6.80. The third kappa shape index (κ3) is 5.58. The Hall–Kier alpha value is -2.38. The van der Waals surface area contributed by atoms with E-state index in [1.807, 2.05) is 0 Å². The number of rotatable bonds is 12.